The molecule has 26 heavy (non-hydrogen) atoms. The smallest absolute Gasteiger partial charge is 0.356 e. The molecule has 1 saturated carbocycles. The van der Waals surface area contributed by atoms with Gasteiger partial charge >= 0.3 is 6.18 Å². The number of alkyl halides is 3. The second-order valence-electron chi connectivity index (χ2n) is 7.47. The van der Waals surface area contributed by atoms with Crippen LogP contribution in [0.5, 0.6) is 0 Å². The van der Waals surface area contributed by atoms with Gasteiger partial charge in [0.05, 0.1) is 5.56 Å². The van der Waals surface area contributed by atoms with Crippen LogP contribution in [0, 0.1) is 11.3 Å². The van der Waals surface area contributed by atoms with Crippen LogP contribution in [0.2, 0.25) is 0 Å². The Labute approximate surface area is 158 Å². The van der Waals surface area contributed by atoms with Gasteiger partial charge in [0.15, 0.2) is 0 Å². The van der Waals surface area contributed by atoms with Crippen molar-refractivity contribution in [3.05, 3.63) is 35.4 Å². The van der Waals surface area contributed by atoms with E-state index in [-0.39, 0.29) is 35.6 Å². The molecule has 2 aliphatic rings. The Hall–Kier alpha value is -1.27. The van der Waals surface area contributed by atoms with Gasteiger partial charge in [0, 0.05) is 12.5 Å². The monoisotopic (exact) mass is 390 g/mol. The molecule has 2 unspecified atom stereocenters. The first kappa shape index (κ1) is 21.0. The summed E-state index contributed by atoms with van der Waals surface area (Å²) in [5.74, 6) is 0.200. The topological polar surface area (TPSA) is 41.1 Å². The fourth-order valence-corrected chi connectivity index (χ4v) is 3.92. The molecule has 7 heteroatoms. The third-order valence-corrected chi connectivity index (χ3v) is 5.77. The van der Waals surface area contributed by atoms with Crippen LogP contribution >= 0.6 is 12.4 Å². The summed E-state index contributed by atoms with van der Waals surface area (Å²) in [4.78, 5) is 12.3. The molecule has 1 spiro atoms. The molecule has 146 valence electrons. The van der Waals surface area contributed by atoms with Crippen molar-refractivity contribution in [1.82, 2.24) is 10.6 Å². The van der Waals surface area contributed by atoms with Crippen LogP contribution in [-0.4, -0.2) is 25.5 Å². The quantitative estimate of drug-likeness (QED) is 0.793. The van der Waals surface area contributed by atoms with Crippen molar-refractivity contribution in [2.24, 2.45) is 11.3 Å². The van der Waals surface area contributed by atoms with Crippen LogP contribution in [0.4, 0.5) is 13.2 Å². The van der Waals surface area contributed by atoms with E-state index in [1.165, 1.54) is 12.1 Å². The van der Waals surface area contributed by atoms with E-state index in [0.717, 1.165) is 38.4 Å². The van der Waals surface area contributed by atoms with E-state index in [4.69, 9.17) is 0 Å². The maximum Gasteiger partial charge on any atom is 0.416 e. The molecule has 3 nitrogen and oxygen atoms in total. The van der Waals surface area contributed by atoms with Crippen LogP contribution in [0.1, 0.15) is 49.7 Å². The molecule has 2 N–H and O–H groups in total. The molecule has 2 atom stereocenters. The number of carbonyl (C=O) groups excluding carboxylic acids is 1. The van der Waals surface area contributed by atoms with Crippen molar-refractivity contribution in [2.75, 3.05) is 19.6 Å². The van der Waals surface area contributed by atoms with Crippen molar-refractivity contribution >= 4 is 18.3 Å². The molecule has 3 rings (SSSR count). The van der Waals surface area contributed by atoms with Crippen LogP contribution < -0.4 is 10.6 Å². The van der Waals surface area contributed by atoms with Gasteiger partial charge in [-0.05, 0) is 61.7 Å². The van der Waals surface area contributed by atoms with E-state index in [9.17, 15) is 18.0 Å². The zero-order valence-electron chi connectivity index (χ0n) is 14.9. The Bertz CT molecular complexity index is 629. The minimum Gasteiger partial charge on any atom is -0.356 e. The highest BCUT2D eigenvalue weighted by Gasteiger charge is 2.57. The average molecular weight is 391 g/mol. The van der Waals surface area contributed by atoms with Gasteiger partial charge in [0.1, 0.15) is 0 Å². The van der Waals surface area contributed by atoms with Crippen LogP contribution in [0.25, 0.3) is 0 Å². The molecule has 0 aromatic heterocycles. The number of piperidine rings is 1. The predicted octanol–water partition coefficient (Wildman–Crippen LogP) is 4.13. The first-order valence-corrected chi connectivity index (χ1v) is 8.97. The van der Waals surface area contributed by atoms with Gasteiger partial charge in [0.2, 0.25) is 5.91 Å². The SMILES string of the molecule is CC(CCNC(=O)C1CC12CCNCC2)c1cccc(C(F)(F)F)c1.Cl. The molecule has 1 aromatic rings. The van der Waals surface area contributed by atoms with Crippen LogP contribution in [0.15, 0.2) is 24.3 Å². The first-order valence-electron chi connectivity index (χ1n) is 8.97. The first-order chi connectivity index (χ1) is 11.8. The summed E-state index contributed by atoms with van der Waals surface area (Å²) in [7, 11) is 0. The minimum atomic E-state index is -4.32. The summed E-state index contributed by atoms with van der Waals surface area (Å²) < 4.78 is 38.4. The van der Waals surface area contributed by atoms with Gasteiger partial charge in [-0.1, -0.05) is 25.1 Å². The highest BCUT2D eigenvalue weighted by molar-refractivity contribution is 5.85. The van der Waals surface area contributed by atoms with E-state index in [2.05, 4.69) is 10.6 Å². The number of amides is 1. The molecule has 2 fully saturated rings. The lowest BCUT2D eigenvalue weighted by Crippen LogP contribution is -2.34. The number of hydrogen-bond donors (Lipinski definition) is 2. The summed E-state index contributed by atoms with van der Waals surface area (Å²) in [6, 6.07) is 5.45. The van der Waals surface area contributed by atoms with Crippen molar-refractivity contribution in [1.29, 1.82) is 0 Å². The van der Waals surface area contributed by atoms with Crippen molar-refractivity contribution in [3.63, 3.8) is 0 Å². The highest BCUT2D eigenvalue weighted by atomic mass is 35.5. The minimum absolute atomic E-state index is 0. The molecule has 1 heterocycles. The summed E-state index contributed by atoms with van der Waals surface area (Å²) in [5, 5.41) is 6.30. The van der Waals surface area contributed by atoms with E-state index >= 15 is 0 Å². The normalized spacial score (nSPS) is 22.4. The van der Waals surface area contributed by atoms with Gasteiger partial charge in [-0.15, -0.1) is 12.4 Å². The Morgan fingerprint density at radius 2 is 2.04 bits per heavy atom. The lowest BCUT2D eigenvalue weighted by atomic mass is 9.91. The van der Waals surface area contributed by atoms with E-state index in [1.54, 1.807) is 6.07 Å². The lowest BCUT2D eigenvalue weighted by molar-refractivity contribution is -0.137. The zero-order chi connectivity index (χ0) is 18.1. The van der Waals surface area contributed by atoms with Crippen molar-refractivity contribution < 1.29 is 18.0 Å². The van der Waals surface area contributed by atoms with E-state index < -0.39 is 11.7 Å². The summed E-state index contributed by atoms with van der Waals surface area (Å²) in [6.45, 7) is 4.36. The molecular weight excluding hydrogens is 365 g/mol. The second-order valence-corrected chi connectivity index (χ2v) is 7.47. The average Bonchev–Trinajstić information content (AvgIpc) is 3.27. The van der Waals surface area contributed by atoms with Crippen molar-refractivity contribution in [2.45, 2.75) is 44.7 Å². The molecular formula is C19H26ClF3N2O. The number of benzene rings is 1. The van der Waals surface area contributed by atoms with E-state index in [0.29, 0.717) is 18.5 Å². The molecule has 0 bridgehead atoms. The number of hydrogen-bond acceptors (Lipinski definition) is 2. The maximum absolute atomic E-state index is 12.8. The summed E-state index contributed by atoms with van der Waals surface area (Å²) >= 11 is 0. The highest BCUT2D eigenvalue weighted by Crippen LogP contribution is 2.58. The molecule has 1 aliphatic heterocycles. The zero-order valence-corrected chi connectivity index (χ0v) is 15.7. The Balaban J connectivity index is 0.00000243. The Morgan fingerprint density at radius 3 is 2.69 bits per heavy atom. The number of rotatable bonds is 5. The predicted molar refractivity (Wildman–Crippen MR) is 97.4 cm³/mol. The van der Waals surface area contributed by atoms with E-state index in [1.807, 2.05) is 6.92 Å². The van der Waals surface area contributed by atoms with Gasteiger partial charge in [-0.3, -0.25) is 4.79 Å². The van der Waals surface area contributed by atoms with Gasteiger partial charge in [-0.2, -0.15) is 13.2 Å². The standard InChI is InChI=1S/C19H25F3N2O.ClH/c1-13(14-3-2-4-15(11-14)19(20,21)22)5-8-24-17(25)16-12-18(16)6-9-23-10-7-18;/h2-4,11,13,16,23H,5-10,12H2,1H3,(H,24,25);1H. The van der Waals surface area contributed by atoms with Crippen molar-refractivity contribution in [3.8, 4) is 0 Å². The maximum atomic E-state index is 12.8. The van der Waals surface area contributed by atoms with Gasteiger partial charge in [0.25, 0.3) is 0 Å². The number of carbonyl (C=O) groups is 1. The molecule has 1 aromatic carbocycles. The summed E-state index contributed by atoms with van der Waals surface area (Å²) in [6.07, 6.45) is -0.589. The van der Waals surface area contributed by atoms with Crippen LogP contribution in [0.3, 0.4) is 0 Å². The fourth-order valence-electron chi connectivity index (χ4n) is 3.92. The number of nitrogens with one attached hydrogen (secondary N) is 2. The third-order valence-electron chi connectivity index (χ3n) is 5.77. The van der Waals surface area contributed by atoms with Crippen LogP contribution in [-0.2, 0) is 11.0 Å². The Kier molecular flexibility index (Phi) is 6.61. The van der Waals surface area contributed by atoms with Gasteiger partial charge in [-0.25, -0.2) is 0 Å². The second kappa shape index (κ2) is 8.17. The Morgan fingerprint density at radius 1 is 1.35 bits per heavy atom. The lowest BCUT2D eigenvalue weighted by Gasteiger charge is -2.23. The largest absolute Gasteiger partial charge is 0.416 e. The van der Waals surface area contributed by atoms with Gasteiger partial charge < -0.3 is 10.6 Å². The summed E-state index contributed by atoms with van der Waals surface area (Å²) in [5.41, 5.74) is 0.249. The fraction of sp³-hybridized carbons (Fsp3) is 0.632. The number of halogens is 4. The molecule has 0 radical (unpaired) electrons. The molecule has 1 saturated heterocycles. The molecule has 1 amide bonds. The molecule has 1 aliphatic carbocycles. The third kappa shape index (κ3) is 4.71.